The lowest BCUT2D eigenvalue weighted by Crippen LogP contribution is -2.42. The average molecular weight is 263 g/mol. The van der Waals surface area contributed by atoms with Gasteiger partial charge in [0.1, 0.15) is 5.75 Å². The van der Waals surface area contributed by atoms with Crippen molar-refractivity contribution in [2.24, 2.45) is 0 Å². The summed E-state index contributed by atoms with van der Waals surface area (Å²) in [5.74, 6) is 0.877. The molecule has 0 saturated heterocycles. The van der Waals surface area contributed by atoms with Gasteiger partial charge in [0.05, 0.1) is 12.7 Å². The standard InChI is InChI=1S/C16H25NO2/c1-13(14-7-6-8-15(11-14)19-2)17-12-16(18)9-4-3-5-10-16/h6-8,11,13,17-18H,3-5,9-10,12H2,1-2H3. The predicted molar refractivity (Wildman–Crippen MR) is 77.4 cm³/mol. The Balaban J connectivity index is 1.91. The van der Waals surface area contributed by atoms with E-state index >= 15 is 0 Å². The highest BCUT2D eigenvalue weighted by atomic mass is 16.5. The largest absolute Gasteiger partial charge is 0.497 e. The van der Waals surface area contributed by atoms with E-state index in [9.17, 15) is 5.11 Å². The van der Waals surface area contributed by atoms with E-state index in [1.54, 1.807) is 7.11 Å². The van der Waals surface area contributed by atoms with Crippen LogP contribution in [0.3, 0.4) is 0 Å². The molecule has 0 bridgehead atoms. The molecule has 0 spiro atoms. The summed E-state index contributed by atoms with van der Waals surface area (Å²) >= 11 is 0. The van der Waals surface area contributed by atoms with E-state index in [0.29, 0.717) is 6.54 Å². The molecule has 1 aromatic carbocycles. The molecule has 1 fully saturated rings. The van der Waals surface area contributed by atoms with Crippen LogP contribution < -0.4 is 10.1 Å². The van der Waals surface area contributed by atoms with Crippen molar-refractivity contribution in [1.82, 2.24) is 5.32 Å². The number of hydrogen-bond donors (Lipinski definition) is 2. The number of ether oxygens (including phenoxy) is 1. The summed E-state index contributed by atoms with van der Waals surface area (Å²) in [6.07, 6.45) is 5.39. The molecule has 1 aliphatic rings. The van der Waals surface area contributed by atoms with Crippen molar-refractivity contribution in [1.29, 1.82) is 0 Å². The highest BCUT2D eigenvalue weighted by Crippen LogP contribution is 2.28. The van der Waals surface area contributed by atoms with Crippen molar-refractivity contribution in [2.75, 3.05) is 13.7 Å². The SMILES string of the molecule is COc1cccc(C(C)NCC2(O)CCCCC2)c1. The third-order valence-electron chi connectivity index (χ3n) is 4.12. The Morgan fingerprint density at radius 2 is 2.05 bits per heavy atom. The zero-order valence-electron chi connectivity index (χ0n) is 12.0. The fourth-order valence-corrected chi connectivity index (χ4v) is 2.76. The molecule has 1 saturated carbocycles. The highest BCUT2D eigenvalue weighted by molar-refractivity contribution is 5.30. The van der Waals surface area contributed by atoms with Gasteiger partial charge in [-0.25, -0.2) is 0 Å². The first-order valence-electron chi connectivity index (χ1n) is 7.23. The van der Waals surface area contributed by atoms with Gasteiger partial charge in [-0.05, 0) is 37.5 Å². The third kappa shape index (κ3) is 3.95. The van der Waals surface area contributed by atoms with Crippen LogP contribution in [0.4, 0.5) is 0 Å². The molecule has 0 aromatic heterocycles. The van der Waals surface area contributed by atoms with Gasteiger partial charge in [-0.3, -0.25) is 0 Å². The Kier molecular flexibility index (Phi) is 4.83. The number of benzene rings is 1. The molecule has 19 heavy (non-hydrogen) atoms. The molecule has 0 amide bonds. The van der Waals surface area contributed by atoms with Crippen molar-refractivity contribution in [2.45, 2.75) is 50.7 Å². The lowest BCUT2D eigenvalue weighted by molar-refractivity contribution is 0.00300. The van der Waals surface area contributed by atoms with E-state index in [4.69, 9.17) is 4.74 Å². The zero-order chi connectivity index (χ0) is 13.7. The van der Waals surface area contributed by atoms with Gasteiger partial charge in [-0.2, -0.15) is 0 Å². The van der Waals surface area contributed by atoms with Crippen molar-refractivity contribution in [3.8, 4) is 5.75 Å². The summed E-state index contributed by atoms with van der Waals surface area (Å²) in [7, 11) is 1.68. The van der Waals surface area contributed by atoms with E-state index in [2.05, 4.69) is 18.3 Å². The van der Waals surface area contributed by atoms with Gasteiger partial charge in [-0.15, -0.1) is 0 Å². The maximum Gasteiger partial charge on any atom is 0.119 e. The van der Waals surface area contributed by atoms with Gasteiger partial charge in [0.2, 0.25) is 0 Å². The Bertz CT molecular complexity index is 399. The van der Waals surface area contributed by atoms with Gasteiger partial charge in [-0.1, -0.05) is 31.4 Å². The summed E-state index contributed by atoms with van der Waals surface area (Å²) < 4.78 is 5.24. The highest BCUT2D eigenvalue weighted by Gasteiger charge is 2.29. The molecule has 1 aromatic rings. The number of rotatable bonds is 5. The zero-order valence-corrected chi connectivity index (χ0v) is 12.0. The first kappa shape index (κ1) is 14.4. The molecular weight excluding hydrogens is 238 g/mol. The smallest absolute Gasteiger partial charge is 0.119 e. The summed E-state index contributed by atoms with van der Waals surface area (Å²) in [6.45, 7) is 2.80. The van der Waals surface area contributed by atoms with Gasteiger partial charge < -0.3 is 15.2 Å². The fraction of sp³-hybridized carbons (Fsp3) is 0.625. The molecule has 2 N–H and O–H groups in total. The van der Waals surface area contributed by atoms with Crippen LogP contribution in [0.15, 0.2) is 24.3 Å². The molecule has 0 heterocycles. The first-order chi connectivity index (χ1) is 9.13. The number of aliphatic hydroxyl groups is 1. The average Bonchev–Trinajstić information content (AvgIpc) is 2.46. The van der Waals surface area contributed by atoms with Crippen LogP contribution in [0.5, 0.6) is 5.75 Å². The number of methoxy groups -OCH3 is 1. The van der Waals surface area contributed by atoms with Gasteiger partial charge in [0.25, 0.3) is 0 Å². The molecule has 1 unspecified atom stereocenters. The van der Waals surface area contributed by atoms with Crippen molar-refractivity contribution < 1.29 is 9.84 Å². The van der Waals surface area contributed by atoms with Crippen LogP contribution in [-0.2, 0) is 0 Å². The third-order valence-corrected chi connectivity index (χ3v) is 4.12. The minimum Gasteiger partial charge on any atom is -0.497 e. The van der Waals surface area contributed by atoms with E-state index in [1.165, 1.54) is 12.0 Å². The topological polar surface area (TPSA) is 41.5 Å². The van der Waals surface area contributed by atoms with Crippen LogP contribution in [0, 0.1) is 0 Å². The minimum absolute atomic E-state index is 0.223. The molecule has 3 heteroatoms. The van der Waals surface area contributed by atoms with Gasteiger partial charge >= 0.3 is 0 Å². The van der Waals surface area contributed by atoms with Gasteiger partial charge in [0.15, 0.2) is 0 Å². The fourth-order valence-electron chi connectivity index (χ4n) is 2.76. The molecule has 1 aliphatic carbocycles. The molecule has 3 nitrogen and oxygen atoms in total. The maximum atomic E-state index is 10.5. The summed E-state index contributed by atoms with van der Waals surface area (Å²) in [6, 6.07) is 8.31. The molecule has 0 aliphatic heterocycles. The second-order valence-electron chi connectivity index (χ2n) is 5.66. The normalized spacial score (nSPS) is 19.9. The number of hydrogen-bond acceptors (Lipinski definition) is 3. The Morgan fingerprint density at radius 3 is 2.74 bits per heavy atom. The van der Waals surface area contributed by atoms with Gasteiger partial charge in [0, 0.05) is 12.6 Å². The van der Waals surface area contributed by atoms with Crippen LogP contribution >= 0.6 is 0 Å². The van der Waals surface area contributed by atoms with E-state index in [0.717, 1.165) is 31.4 Å². The van der Waals surface area contributed by atoms with Crippen LogP contribution in [-0.4, -0.2) is 24.4 Å². The van der Waals surface area contributed by atoms with E-state index in [1.807, 2.05) is 18.2 Å². The molecule has 106 valence electrons. The lowest BCUT2D eigenvalue weighted by Gasteiger charge is -2.33. The molecular formula is C16H25NO2. The summed E-state index contributed by atoms with van der Waals surface area (Å²) in [5, 5.41) is 13.9. The summed E-state index contributed by atoms with van der Waals surface area (Å²) in [5.41, 5.74) is 0.685. The van der Waals surface area contributed by atoms with Crippen LogP contribution in [0.2, 0.25) is 0 Å². The van der Waals surface area contributed by atoms with Crippen LogP contribution in [0.25, 0.3) is 0 Å². The second kappa shape index (κ2) is 6.40. The van der Waals surface area contributed by atoms with Crippen LogP contribution in [0.1, 0.15) is 50.6 Å². The molecule has 1 atom stereocenters. The van der Waals surface area contributed by atoms with Crippen molar-refractivity contribution in [3.63, 3.8) is 0 Å². The molecule has 0 radical (unpaired) electrons. The monoisotopic (exact) mass is 263 g/mol. The van der Waals surface area contributed by atoms with Crippen molar-refractivity contribution >= 4 is 0 Å². The lowest BCUT2D eigenvalue weighted by atomic mass is 9.84. The Labute approximate surface area is 116 Å². The van der Waals surface area contributed by atoms with E-state index in [-0.39, 0.29) is 6.04 Å². The Morgan fingerprint density at radius 1 is 1.32 bits per heavy atom. The number of nitrogens with one attached hydrogen (secondary N) is 1. The summed E-state index contributed by atoms with van der Waals surface area (Å²) in [4.78, 5) is 0. The second-order valence-corrected chi connectivity index (χ2v) is 5.66. The first-order valence-corrected chi connectivity index (χ1v) is 7.23. The van der Waals surface area contributed by atoms with E-state index < -0.39 is 5.60 Å². The predicted octanol–water partition coefficient (Wildman–Crippen LogP) is 3.04. The minimum atomic E-state index is -0.509. The Hall–Kier alpha value is -1.06. The van der Waals surface area contributed by atoms with Crippen molar-refractivity contribution in [3.05, 3.63) is 29.8 Å². The maximum absolute atomic E-state index is 10.5. The molecule has 2 rings (SSSR count). The quantitative estimate of drug-likeness (QED) is 0.858.